The Kier molecular flexibility index (Phi) is 6.56. The number of unbranched alkanes of at least 4 members (excludes halogenated alkanes) is 2. The standard InChI is InChI=1S/C15H22N2O3/c1-2-3-4-9-14(18)17(11-10-15(19)20)13-8-6-5-7-12(13)16/h5-8H,2-4,9-11,16H2,1H3,(H,19,20). The summed E-state index contributed by atoms with van der Waals surface area (Å²) in [5, 5.41) is 8.81. The van der Waals surface area contributed by atoms with Crippen LogP contribution in [0, 0.1) is 0 Å². The first-order chi connectivity index (χ1) is 9.56. The molecular weight excluding hydrogens is 256 g/mol. The summed E-state index contributed by atoms with van der Waals surface area (Å²) in [7, 11) is 0. The van der Waals surface area contributed by atoms with Crippen molar-refractivity contribution in [1.82, 2.24) is 0 Å². The molecule has 0 saturated heterocycles. The molecule has 20 heavy (non-hydrogen) atoms. The number of nitrogen functional groups attached to an aromatic ring is 1. The van der Waals surface area contributed by atoms with Crippen LogP contribution >= 0.6 is 0 Å². The number of aliphatic carboxylic acids is 1. The van der Waals surface area contributed by atoms with E-state index < -0.39 is 5.97 Å². The number of hydrogen-bond acceptors (Lipinski definition) is 3. The van der Waals surface area contributed by atoms with E-state index in [2.05, 4.69) is 6.92 Å². The second-order valence-electron chi connectivity index (χ2n) is 4.71. The number of rotatable bonds is 8. The molecule has 0 bridgehead atoms. The maximum Gasteiger partial charge on any atom is 0.305 e. The lowest BCUT2D eigenvalue weighted by Gasteiger charge is -2.23. The fourth-order valence-corrected chi connectivity index (χ4v) is 1.98. The van der Waals surface area contributed by atoms with Crippen molar-refractivity contribution in [2.45, 2.75) is 39.0 Å². The smallest absolute Gasteiger partial charge is 0.305 e. The van der Waals surface area contributed by atoms with Gasteiger partial charge < -0.3 is 15.7 Å². The zero-order chi connectivity index (χ0) is 15.0. The summed E-state index contributed by atoms with van der Waals surface area (Å²) in [6, 6.07) is 7.03. The molecule has 5 heteroatoms. The summed E-state index contributed by atoms with van der Waals surface area (Å²) >= 11 is 0. The number of para-hydroxylation sites is 2. The SMILES string of the molecule is CCCCCC(=O)N(CCC(=O)O)c1ccccc1N. The molecule has 1 aromatic carbocycles. The van der Waals surface area contributed by atoms with Crippen molar-refractivity contribution in [3.8, 4) is 0 Å². The molecule has 1 amide bonds. The molecule has 0 heterocycles. The molecule has 0 aliphatic heterocycles. The first-order valence-corrected chi connectivity index (χ1v) is 6.93. The highest BCUT2D eigenvalue weighted by atomic mass is 16.4. The molecule has 0 saturated carbocycles. The van der Waals surface area contributed by atoms with Crippen molar-refractivity contribution in [3.63, 3.8) is 0 Å². The van der Waals surface area contributed by atoms with Gasteiger partial charge in [0, 0.05) is 13.0 Å². The number of carboxylic acids is 1. The lowest BCUT2D eigenvalue weighted by atomic mass is 10.1. The maximum atomic E-state index is 12.3. The van der Waals surface area contributed by atoms with E-state index >= 15 is 0 Å². The fraction of sp³-hybridized carbons (Fsp3) is 0.467. The van der Waals surface area contributed by atoms with Crippen LogP contribution in [0.2, 0.25) is 0 Å². The average Bonchev–Trinajstić information content (AvgIpc) is 2.41. The van der Waals surface area contributed by atoms with E-state index in [1.165, 1.54) is 4.90 Å². The van der Waals surface area contributed by atoms with Gasteiger partial charge >= 0.3 is 5.97 Å². The molecule has 110 valence electrons. The van der Waals surface area contributed by atoms with Crippen LogP contribution in [0.15, 0.2) is 24.3 Å². The van der Waals surface area contributed by atoms with Gasteiger partial charge in [0.25, 0.3) is 0 Å². The van der Waals surface area contributed by atoms with E-state index in [1.54, 1.807) is 24.3 Å². The summed E-state index contributed by atoms with van der Waals surface area (Å²) in [6.07, 6.45) is 3.17. The zero-order valence-electron chi connectivity index (χ0n) is 11.8. The minimum atomic E-state index is -0.925. The van der Waals surface area contributed by atoms with Gasteiger partial charge in [-0.2, -0.15) is 0 Å². The van der Waals surface area contributed by atoms with Gasteiger partial charge in [0.2, 0.25) is 5.91 Å². The van der Waals surface area contributed by atoms with Crippen LogP contribution in [-0.2, 0) is 9.59 Å². The Bertz CT molecular complexity index is 460. The molecular formula is C15H22N2O3. The van der Waals surface area contributed by atoms with Gasteiger partial charge in [-0.25, -0.2) is 0 Å². The Morgan fingerprint density at radius 3 is 2.50 bits per heavy atom. The van der Waals surface area contributed by atoms with Crippen LogP contribution < -0.4 is 10.6 Å². The van der Waals surface area contributed by atoms with Crippen molar-refractivity contribution in [2.24, 2.45) is 0 Å². The van der Waals surface area contributed by atoms with Crippen molar-refractivity contribution in [3.05, 3.63) is 24.3 Å². The highest BCUT2D eigenvalue weighted by Gasteiger charge is 2.18. The normalized spacial score (nSPS) is 10.2. The van der Waals surface area contributed by atoms with Crippen LogP contribution in [0.5, 0.6) is 0 Å². The Morgan fingerprint density at radius 1 is 1.20 bits per heavy atom. The lowest BCUT2D eigenvalue weighted by Crippen LogP contribution is -2.33. The molecule has 1 aromatic rings. The Hall–Kier alpha value is -2.04. The predicted octanol–water partition coefficient (Wildman–Crippen LogP) is 2.66. The third-order valence-electron chi connectivity index (χ3n) is 3.07. The number of hydrogen-bond donors (Lipinski definition) is 2. The van der Waals surface area contributed by atoms with Gasteiger partial charge in [0.05, 0.1) is 17.8 Å². The third kappa shape index (κ3) is 4.91. The number of benzene rings is 1. The molecule has 0 fully saturated rings. The Balaban J connectivity index is 2.82. The van der Waals surface area contributed by atoms with Crippen molar-refractivity contribution in [1.29, 1.82) is 0 Å². The summed E-state index contributed by atoms with van der Waals surface area (Å²) in [5.74, 6) is -0.997. The summed E-state index contributed by atoms with van der Waals surface area (Å²) in [4.78, 5) is 24.5. The topological polar surface area (TPSA) is 83.6 Å². The van der Waals surface area contributed by atoms with Gasteiger partial charge in [0.1, 0.15) is 0 Å². The Morgan fingerprint density at radius 2 is 1.90 bits per heavy atom. The molecule has 0 aliphatic carbocycles. The third-order valence-corrected chi connectivity index (χ3v) is 3.07. The molecule has 0 unspecified atom stereocenters. The van der Waals surface area contributed by atoms with Gasteiger partial charge in [0.15, 0.2) is 0 Å². The van der Waals surface area contributed by atoms with Gasteiger partial charge in [-0.05, 0) is 18.6 Å². The van der Waals surface area contributed by atoms with E-state index in [4.69, 9.17) is 10.8 Å². The molecule has 5 nitrogen and oxygen atoms in total. The summed E-state index contributed by atoms with van der Waals surface area (Å²) in [6.45, 7) is 2.22. The Labute approximate surface area is 119 Å². The number of carbonyl (C=O) groups excluding carboxylic acids is 1. The number of amides is 1. The van der Waals surface area contributed by atoms with Crippen molar-refractivity contribution >= 4 is 23.3 Å². The second kappa shape index (κ2) is 8.19. The van der Waals surface area contributed by atoms with Gasteiger partial charge in [-0.3, -0.25) is 9.59 Å². The number of anilines is 2. The quantitative estimate of drug-likeness (QED) is 0.565. The predicted molar refractivity (Wildman–Crippen MR) is 79.6 cm³/mol. The highest BCUT2D eigenvalue weighted by molar-refractivity contribution is 5.96. The number of nitrogens with two attached hydrogens (primary N) is 1. The first kappa shape index (κ1) is 16.0. The first-order valence-electron chi connectivity index (χ1n) is 6.93. The van der Waals surface area contributed by atoms with Gasteiger partial charge in [-0.15, -0.1) is 0 Å². The van der Waals surface area contributed by atoms with Gasteiger partial charge in [-0.1, -0.05) is 31.9 Å². The van der Waals surface area contributed by atoms with E-state index in [9.17, 15) is 9.59 Å². The molecule has 0 atom stereocenters. The monoisotopic (exact) mass is 278 g/mol. The van der Waals surface area contributed by atoms with Crippen LogP contribution in [0.25, 0.3) is 0 Å². The molecule has 1 rings (SSSR count). The lowest BCUT2D eigenvalue weighted by molar-refractivity contribution is -0.136. The summed E-state index contributed by atoms with van der Waals surface area (Å²) in [5.41, 5.74) is 6.96. The van der Waals surface area contributed by atoms with Crippen LogP contribution in [0.3, 0.4) is 0 Å². The highest BCUT2D eigenvalue weighted by Crippen LogP contribution is 2.24. The van der Waals surface area contributed by atoms with Crippen LogP contribution in [-0.4, -0.2) is 23.5 Å². The van der Waals surface area contributed by atoms with Crippen molar-refractivity contribution < 1.29 is 14.7 Å². The average molecular weight is 278 g/mol. The van der Waals surface area contributed by atoms with Crippen LogP contribution in [0.4, 0.5) is 11.4 Å². The minimum Gasteiger partial charge on any atom is -0.481 e. The second-order valence-corrected chi connectivity index (χ2v) is 4.71. The number of carboxylic acid groups (broad SMARTS) is 1. The largest absolute Gasteiger partial charge is 0.481 e. The molecule has 0 aromatic heterocycles. The van der Waals surface area contributed by atoms with Crippen molar-refractivity contribution in [2.75, 3.05) is 17.2 Å². The zero-order valence-corrected chi connectivity index (χ0v) is 11.8. The molecule has 3 N–H and O–H groups in total. The van der Waals surface area contributed by atoms with E-state index in [0.29, 0.717) is 17.8 Å². The van der Waals surface area contributed by atoms with E-state index in [-0.39, 0.29) is 18.9 Å². The fourth-order valence-electron chi connectivity index (χ4n) is 1.98. The molecule has 0 radical (unpaired) electrons. The van der Waals surface area contributed by atoms with Crippen LogP contribution in [0.1, 0.15) is 39.0 Å². The number of nitrogens with zero attached hydrogens (tertiary/aromatic N) is 1. The maximum absolute atomic E-state index is 12.3. The van der Waals surface area contributed by atoms with E-state index in [1.807, 2.05) is 0 Å². The summed E-state index contributed by atoms with van der Waals surface area (Å²) < 4.78 is 0. The number of carbonyl (C=O) groups is 2. The molecule has 0 spiro atoms. The van der Waals surface area contributed by atoms with E-state index in [0.717, 1.165) is 19.3 Å². The minimum absolute atomic E-state index is 0.0717. The molecule has 0 aliphatic rings.